The third-order valence-electron chi connectivity index (χ3n) is 1.64. The fourth-order valence-electron chi connectivity index (χ4n) is 1.06. The molecule has 1 aliphatic heterocycles. The molecule has 3 heteroatoms. The molecule has 0 fully saturated rings. The summed E-state index contributed by atoms with van der Waals surface area (Å²) in [5, 5.41) is 0. The minimum absolute atomic E-state index is 0.660. The molecule has 0 bridgehead atoms. The van der Waals surface area contributed by atoms with Gasteiger partial charge in [0.15, 0.2) is 0 Å². The Labute approximate surface area is 71.1 Å². The van der Waals surface area contributed by atoms with Gasteiger partial charge in [0.1, 0.15) is 12.5 Å². The first kappa shape index (κ1) is 7.03. The second kappa shape index (κ2) is 3.17. The van der Waals surface area contributed by atoms with Crippen LogP contribution in [0.2, 0.25) is 0 Å². The van der Waals surface area contributed by atoms with Crippen LogP contribution in [0.5, 0.6) is 0 Å². The van der Waals surface area contributed by atoms with E-state index in [0.29, 0.717) is 6.67 Å². The molecule has 0 aromatic carbocycles. The third kappa shape index (κ3) is 1.34. The number of aromatic nitrogens is 1. The van der Waals surface area contributed by atoms with Gasteiger partial charge < -0.3 is 4.90 Å². The Balaban J connectivity index is 2.21. The number of anilines is 1. The number of hydrogen-bond acceptors (Lipinski definition) is 3. The Morgan fingerprint density at radius 1 is 1.33 bits per heavy atom. The zero-order valence-electron chi connectivity index (χ0n) is 6.59. The molecule has 0 saturated carbocycles. The molecule has 60 valence electrons. The van der Waals surface area contributed by atoms with Crippen molar-refractivity contribution in [2.45, 2.75) is 0 Å². The van der Waals surface area contributed by atoms with Crippen LogP contribution < -0.4 is 4.90 Å². The summed E-state index contributed by atoms with van der Waals surface area (Å²) in [6, 6.07) is 5.83. The Bertz CT molecular complexity index is 303. The third-order valence-corrected chi connectivity index (χ3v) is 1.64. The largest absolute Gasteiger partial charge is 0.313 e. The lowest BCUT2D eigenvalue weighted by atomic mass is 10.4. The van der Waals surface area contributed by atoms with Crippen molar-refractivity contribution in [3.05, 3.63) is 36.7 Å². The topological polar surface area (TPSA) is 28.5 Å². The van der Waals surface area contributed by atoms with Crippen LogP contribution in [0.15, 0.2) is 41.7 Å². The second-order valence-corrected chi connectivity index (χ2v) is 2.47. The van der Waals surface area contributed by atoms with Gasteiger partial charge in [-0.25, -0.2) is 4.98 Å². The van der Waals surface area contributed by atoms with E-state index >= 15 is 0 Å². The average molecular weight is 159 g/mol. The molecule has 3 nitrogen and oxygen atoms in total. The lowest BCUT2D eigenvalue weighted by Gasteiger charge is -2.17. The first-order chi connectivity index (χ1) is 5.97. The van der Waals surface area contributed by atoms with Gasteiger partial charge in [0.05, 0.1) is 0 Å². The molecule has 12 heavy (non-hydrogen) atoms. The van der Waals surface area contributed by atoms with Crippen LogP contribution in [0.1, 0.15) is 0 Å². The average Bonchev–Trinajstić information content (AvgIpc) is 2.21. The van der Waals surface area contributed by atoms with Crippen LogP contribution in [-0.2, 0) is 0 Å². The van der Waals surface area contributed by atoms with Gasteiger partial charge in [-0.15, -0.1) is 0 Å². The smallest absolute Gasteiger partial charge is 0.133 e. The van der Waals surface area contributed by atoms with Crippen LogP contribution in [0.4, 0.5) is 5.82 Å². The summed E-state index contributed by atoms with van der Waals surface area (Å²) in [5.74, 6) is 0.936. The highest BCUT2D eigenvalue weighted by molar-refractivity contribution is 5.73. The van der Waals surface area contributed by atoms with Gasteiger partial charge >= 0.3 is 0 Å². The summed E-state index contributed by atoms with van der Waals surface area (Å²) < 4.78 is 0. The molecule has 0 unspecified atom stereocenters. The molecule has 0 saturated heterocycles. The summed E-state index contributed by atoms with van der Waals surface area (Å²) in [6.45, 7) is 0.660. The van der Waals surface area contributed by atoms with Crippen molar-refractivity contribution >= 4 is 12.0 Å². The zero-order valence-corrected chi connectivity index (χ0v) is 6.59. The van der Waals surface area contributed by atoms with Gasteiger partial charge in [-0.05, 0) is 18.2 Å². The second-order valence-electron chi connectivity index (χ2n) is 2.47. The van der Waals surface area contributed by atoms with E-state index in [2.05, 4.69) is 9.98 Å². The maximum absolute atomic E-state index is 4.20. The summed E-state index contributed by atoms with van der Waals surface area (Å²) in [4.78, 5) is 10.3. The number of nitrogens with zero attached hydrogens (tertiary/aromatic N) is 3. The molecule has 0 spiro atoms. The summed E-state index contributed by atoms with van der Waals surface area (Å²) >= 11 is 0. The van der Waals surface area contributed by atoms with E-state index < -0.39 is 0 Å². The molecule has 1 aromatic rings. The molecule has 1 aliphatic rings. The molecule has 0 amide bonds. The monoisotopic (exact) mass is 159 g/mol. The van der Waals surface area contributed by atoms with Crippen molar-refractivity contribution in [1.82, 2.24) is 4.98 Å². The van der Waals surface area contributed by atoms with Gasteiger partial charge in [0, 0.05) is 18.6 Å². The summed E-state index contributed by atoms with van der Waals surface area (Å²) in [7, 11) is 0. The SMILES string of the molecule is C1=CN(c2ccccn2)CN=C1. The molecule has 2 heterocycles. The number of aliphatic imine (C=N–C) groups is 1. The van der Waals surface area contributed by atoms with E-state index in [1.807, 2.05) is 35.4 Å². The first-order valence-electron chi connectivity index (χ1n) is 3.81. The summed E-state index contributed by atoms with van der Waals surface area (Å²) in [5.41, 5.74) is 0. The van der Waals surface area contributed by atoms with Crippen molar-refractivity contribution in [1.29, 1.82) is 0 Å². The highest BCUT2D eigenvalue weighted by Crippen LogP contribution is 2.10. The maximum atomic E-state index is 4.20. The fraction of sp³-hybridized carbons (Fsp3) is 0.111. The highest BCUT2D eigenvalue weighted by atomic mass is 15.2. The predicted molar refractivity (Wildman–Crippen MR) is 49.2 cm³/mol. The van der Waals surface area contributed by atoms with Gasteiger partial charge in [0.2, 0.25) is 0 Å². The van der Waals surface area contributed by atoms with Crippen LogP contribution >= 0.6 is 0 Å². The molecule has 1 aromatic heterocycles. The minimum Gasteiger partial charge on any atom is -0.313 e. The zero-order chi connectivity index (χ0) is 8.23. The highest BCUT2D eigenvalue weighted by Gasteiger charge is 2.02. The van der Waals surface area contributed by atoms with Crippen molar-refractivity contribution in [2.75, 3.05) is 11.6 Å². The molecular weight excluding hydrogens is 150 g/mol. The van der Waals surface area contributed by atoms with Crippen molar-refractivity contribution in [3.63, 3.8) is 0 Å². The van der Waals surface area contributed by atoms with Crippen LogP contribution in [0.25, 0.3) is 0 Å². The van der Waals surface area contributed by atoms with E-state index in [4.69, 9.17) is 0 Å². The Morgan fingerprint density at radius 2 is 2.33 bits per heavy atom. The van der Waals surface area contributed by atoms with Crippen LogP contribution in [0, 0.1) is 0 Å². The molecular formula is C9H9N3. The fourth-order valence-corrected chi connectivity index (χ4v) is 1.06. The number of allylic oxidation sites excluding steroid dienone is 1. The van der Waals surface area contributed by atoms with E-state index in [-0.39, 0.29) is 0 Å². The molecule has 0 N–H and O–H groups in total. The predicted octanol–water partition coefficient (Wildman–Crippen LogP) is 1.44. The van der Waals surface area contributed by atoms with E-state index in [9.17, 15) is 0 Å². The normalized spacial score (nSPS) is 15.2. The van der Waals surface area contributed by atoms with Crippen molar-refractivity contribution < 1.29 is 0 Å². The lowest BCUT2D eigenvalue weighted by Crippen LogP contribution is -2.19. The lowest BCUT2D eigenvalue weighted by molar-refractivity contribution is 0.944. The maximum Gasteiger partial charge on any atom is 0.133 e. The van der Waals surface area contributed by atoms with E-state index in [1.165, 1.54) is 0 Å². The molecule has 0 aliphatic carbocycles. The van der Waals surface area contributed by atoms with Gasteiger partial charge in [-0.2, -0.15) is 0 Å². The Hall–Kier alpha value is -1.64. The van der Waals surface area contributed by atoms with Gasteiger partial charge in [-0.3, -0.25) is 4.99 Å². The quantitative estimate of drug-likeness (QED) is 0.620. The molecule has 2 rings (SSSR count). The van der Waals surface area contributed by atoms with E-state index in [1.54, 1.807) is 12.4 Å². The van der Waals surface area contributed by atoms with Gasteiger partial charge in [0.25, 0.3) is 0 Å². The van der Waals surface area contributed by atoms with Crippen LogP contribution in [0.3, 0.4) is 0 Å². The van der Waals surface area contributed by atoms with Gasteiger partial charge in [-0.1, -0.05) is 6.07 Å². The standard InChI is InChI=1S/C9H9N3/c1-2-6-11-9(4-1)12-7-3-5-10-8-12/h1-7H,8H2. The first-order valence-corrected chi connectivity index (χ1v) is 3.81. The number of hydrogen-bond donors (Lipinski definition) is 0. The Kier molecular flexibility index (Phi) is 1.86. The van der Waals surface area contributed by atoms with Crippen LogP contribution in [-0.4, -0.2) is 17.9 Å². The Morgan fingerprint density at radius 3 is 3.00 bits per heavy atom. The minimum atomic E-state index is 0.660. The van der Waals surface area contributed by atoms with E-state index in [0.717, 1.165) is 5.82 Å². The summed E-state index contributed by atoms with van der Waals surface area (Å²) in [6.07, 6.45) is 7.44. The molecule has 0 radical (unpaired) electrons. The molecule has 0 atom stereocenters. The van der Waals surface area contributed by atoms with Crippen molar-refractivity contribution in [2.24, 2.45) is 4.99 Å². The van der Waals surface area contributed by atoms with Crippen molar-refractivity contribution in [3.8, 4) is 0 Å². The number of rotatable bonds is 1. The number of pyridine rings is 1.